The molecule has 146 valence electrons. The summed E-state index contributed by atoms with van der Waals surface area (Å²) in [5, 5.41) is 0.618. The first kappa shape index (κ1) is 21.4. The van der Waals surface area contributed by atoms with Crippen LogP contribution in [0.5, 0.6) is 11.6 Å². The lowest BCUT2D eigenvalue weighted by Crippen LogP contribution is -2.12. The molecule has 9 heteroatoms. The van der Waals surface area contributed by atoms with Crippen LogP contribution < -0.4 is 10.5 Å². The van der Waals surface area contributed by atoms with E-state index in [1.165, 1.54) is 12.1 Å². The molecule has 7 nitrogen and oxygen atoms in total. The van der Waals surface area contributed by atoms with Crippen LogP contribution in [-0.2, 0) is 10.1 Å². The molecule has 0 aliphatic carbocycles. The number of carbonyl (C=O) groups is 1. The van der Waals surface area contributed by atoms with E-state index in [-0.39, 0.29) is 10.8 Å². The van der Waals surface area contributed by atoms with Crippen LogP contribution in [0.25, 0.3) is 0 Å². The maximum absolute atomic E-state index is 10.8. The van der Waals surface area contributed by atoms with E-state index in [0.29, 0.717) is 16.3 Å². The van der Waals surface area contributed by atoms with Crippen molar-refractivity contribution in [3.63, 3.8) is 0 Å². The molecule has 0 radical (unpaired) electrons. The quantitative estimate of drug-likeness (QED) is 0.618. The molecule has 0 saturated heterocycles. The molecular weight excluding hydrogens is 404 g/mol. The molecule has 0 spiro atoms. The normalized spacial score (nSPS) is 10.5. The molecule has 3 rings (SSSR count). The molecule has 0 unspecified atom stereocenters. The summed E-state index contributed by atoms with van der Waals surface area (Å²) in [6.07, 6.45) is 1.04. The van der Waals surface area contributed by atoms with Crippen LogP contribution in [0.1, 0.15) is 15.9 Å². The predicted octanol–water partition coefficient (Wildman–Crippen LogP) is 3.87. The number of nitrogens with zero attached hydrogens (tertiary/aromatic N) is 1. The van der Waals surface area contributed by atoms with Crippen molar-refractivity contribution in [2.24, 2.45) is 5.73 Å². The van der Waals surface area contributed by atoms with Crippen molar-refractivity contribution in [2.75, 3.05) is 0 Å². The van der Waals surface area contributed by atoms with Crippen molar-refractivity contribution in [3.8, 4) is 11.6 Å². The number of aromatic nitrogens is 1. The van der Waals surface area contributed by atoms with Crippen molar-refractivity contribution in [1.29, 1.82) is 0 Å². The van der Waals surface area contributed by atoms with E-state index in [9.17, 15) is 13.2 Å². The van der Waals surface area contributed by atoms with E-state index in [1.54, 1.807) is 37.3 Å². The minimum absolute atomic E-state index is 0.253. The first-order valence-electron chi connectivity index (χ1n) is 7.89. The van der Waals surface area contributed by atoms with Crippen LogP contribution in [0.3, 0.4) is 0 Å². The lowest BCUT2D eigenvalue weighted by atomic mass is 10.1. The third-order valence-electron chi connectivity index (χ3n) is 3.43. The monoisotopic (exact) mass is 420 g/mol. The van der Waals surface area contributed by atoms with Crippen molar-refractivity contribution in [1.82, 2.24) is 4.98 Å². The third-order valence-corrected chi connectivity index (χ3v) is 4.50. The molecule has 1 heterocycles. The highest BCUT2D eigenvalue weighted by molar-refractivity contribution is 7.85. The van der Waals surface area contributed by atoms with Crippen LogP contribution in [0.4, 0.5) is 0 Å². The highest BCUT2D eigenvalue weighted by atomic mass is 35.5. The Kier molecular flexibility index (Phi) is 7.11. The largest absolute Gasteiger partial charge is 0.439 e. The zero-order valence-corrected chi connectivity index (χ0v) is 16.3. The number of hydrogen-bond donors (Lipinski definition) is 2. The molecule has 0 bridgehead atoms. The number of carbonyl (C=O) groups excluding carboxylic acids is 1. The van der Waals surface area contributed by atoms with Crippen LogP contribution >= 0.6 is 11.6 Å². The highest BCUT2D eigenvalue weighted by Crippen LogP contribution is 2.19. The second kappa shape index (κ2) is 9.32. The third kappa shape index (κ3) is 6.34. The summed E-state index contributed by atoms with van der Waals surface area (Å²) in [5.74, 6) is 0.433. The topological polar surface area (TPSA) is 120 Å². The minimum atomic E-state index is -4.21. The van der Waals surface area contributed by atoms with Gasteiger partial charge in [0.05, 0.1) is 6.20 Å². The zero-order chi connectivity index (χ0) is 20.7. The van der Waals surface area contributed by atoms with E-state index in [1.807, 2.05) is 18.2 Å². The summed E-state index contributed by atoms with van der Waals surface area (Å²) in [4.78, 5) is 14.2. The Morgan fingerprint density at radius 3 is 2.29 bits per heavy atom. The van der Waals surface area contributed by atoms with Gasteiger partial charge in [-0.25, -0.2) is 4.98 Å². The maximum atomic E-state index is 10.8. The Labute approximate surface area is 167 Å². The van der Waals surface area contributed by atoms with Gasteiger partial charge in [0.15, 0.2) is 0 Å². The van der Waals surface area contributed by atoms with Gasteiger partial charge in [-0.2, -0.15) is 8.42 Å². The first-order chi connectivity index (χ1) is 13.2. The second-order valence-electron chi connectivity index (χ2n) is 5.55. The van der Waals surface area contributed by atoms with Crippen molar-refractivity contribution >= 4 is 27.6 Å². The molecule has 0 fully saturated rings. The van der Waals surface area contributed by atoms with E-state index in [0.717, 1.165) is 11.8 Å². The van der Waals surface area contributed by atoms with Gasteiger partial charge in [0.2, 0.25) is 11.8 Å². The number of ether oxygens (including phenoxy) is 1. The lowest BCUT2D eigenvalue weighted by Gasteiger charge is -2.04. The summed E-state index contributed by atoms with van der Waals surface area (Å²) in [7, 11) is -4.21. The van der Waals surface area contributed by atoms with E-state index in [2.05, 4.69) is 4.98 Å². The highest BCUT2D eigenvalue weighted by Gasteiger charge is 2.09. The predicted molar refractivity (Wildman–Crippen MR) is 105 cm³/mol. The van der Waals surface area contributed by atoms with Crippen molar-refractivity contribution in [2.45, 2.75) is 11.8 Å². The average Bonchev–Trinajstić information content (AvgIpc) is 2.62. The number of halogens is 1. The summed E-state index contributed by atoms with van der Waals surface area (Å²) in [5.41, 5.74) is 6.42. The fraction of sp³-hybridized carbons (Fsp3) is 0.0526. The fourth-order valence-electron chi connectivity index (χ4n) is 2.09. The molecular formula is C19H17ClN2O5S. The number of primary amides is 1. The molecule has 3 N–H and O–H groups in total. The van der Waals surface area contributed by atoms with Crippen LogP contribution in [0, 0.1) is 6.92 Å². The SMILES string of the molecule is Cc1cc(Cl)ccc1C(N)=O.O=S(=O)(O)c1ccc(Oc2ccccc2)nc1. The lowest BCUT2D eigenvalue weighted by molar-refractivity contribution is 0.0999. The number of para-hydroxylation sites is 1. The number of hydrogen-bond acceptors (Lipinski definition) is 5. The van der Waals surface area contributed by atoms with E-state index < -0.39 is 16.0 Å². The van der Waals surface area contributed by atoms with Gasteiger partial charge in [0, 0.05) is 16.7 Å². The maximum Gasteiger partial charge on any atom is 0.296 e. The number of benzene rings is 2. The Bertz CT molecular complexity index is 1060. The molecule has 0 aliphatic rings. The summed E-state index contributed by atoms with van der Waals surface area (Å²) in [6, 6.07) is 16.5. The molecule has 1 aromatic heterocycles. The van der Waals surface area contributed by atoms with Crippen molar-refractivity contribution < 1.29 is 22.5 Å². The number of nitrogens with two attached hydrogens (primary N) is 1. The van der Waals surface area contributed by atoms with Gasteiger partial charge in [-0.3, -0.25) is 9.35 Å². The molecule has 0 saturated carbocycles. The van der Waals surface area contributed by atoms with Crippen LogP contribution in [0.2, 0.25) is 5.02 Å². The number of rotatable bonds is 4. The first-order valence-corrected chi connectivity index (χ1v) is 9.71. The zero-order valence-electron chi connectivity index (χ0n) is 14.7. The fourth-order valence-corrected chi connectivity index (χ4v) is 2.75. The average molecular weight is 421 g/mol. The number of aryl methyl sites for hydroxylation is 1. The van der Waals surface area contributed by atoms with Crippen LogP contribution in [0.15, 0.2) is 71.8 Å². The van der Waals surface area contributed by atoms with Gasteiger partial charge in [-0.05, 0) is 48.9 Å². The molecule has 28 heavy (non-hydrogen) atoms. The Hall–Kier alpha value is -2.94. The second-order valence-corrected chi connectivity index (χ2v) is 7.40. The van der Waals surface area contributed by atoms with Gasteiger partial charge in [-0.15, -0.1) is 0 Å². The van der Waals surface area contributed by atoms with Gasteiger partial charge >= 0.3 is 0 Å². The Morgan fingerprint density at radius 2 is 1.79 bits per heavy atom. The van der Waals surface area contributed by atoms with Gasteiger partial charge in [0.25, 0.3) is 10.1 Å². The summed E-state index contributed by atoms with van der Waals surface area (Å²) >= 11 is 5.67. The number of pyridine rings is 1. The smallest absolute Gasteiger partial charge is 0.296 e. The molecule has 0 atom stereocenters. The summed E-state index contributed by atoms with van der Waals surface area (Å²) in [6.45, 7) is 1.80. The van der Waals surface area contributed by atoms with Crippen LogP contribution in [-0.4, -0.2) is 23.9 Å². The Morgan fingerprint density at radius 1 is 1.11 bits per heavy atom. The molecule has 0 aliphatic heterocycles. The van der Waals surface area contributed by atoms with Crippen molar-refractivity contribution in [3.05, 3.63) is 83.0 Å². The van der Waals surface area contributed by atoms with Gasteiger partial charge in [0.1, 0.15) is 10.6 Å². The van der Waals surface area contributed by atoms with Gasteiger partial charge < -0.3 is 10.5 Å². The van der Waals surface area contributed by atoms with E-state index in [4.69, 9.17) is 26.6 Å². The van der Waals surface area contributed by atoms with E-state index >= 15 is 0 Å². The Balaban J connectivity index is 0.000000221. The summed E-state index contributed by atoms with van der Waals surface area (Å²) < 4.78 is 35.7. The van der Waals surface area contributed by atoms with Gasteiger partial charge in [-0.1, -0.05) is 29.8 Å². The molecule has 2 aromatic carbocycles. The minimum Gasteiger partial charge on any atom is -0.439 e. The molecule has 3 aromatic rings. The standard InChI is InChI=1S/C11H9NO4S.C8H8ClNO/c13-17(14,15)10-6-7-11(12-8-10)16-9-4-2-1-3-5-9;1-5-4-6(9)2-3-7(5)8(10)11/h1-8H,(H,13,14,15);2-4H,1H3,(H2,10,11). The number of amides is 1. The molecule has 1 amide bonds.